The van der Waals surface area contributed by atoms with Crippen LogP contribution < -0.4 is 0 Å². The van der Waals surface area contributed by atoms with E-state index in [2.05, 4.69) is 26.0 Å². The molecule has 0 nitrogen and oxygen atoms in total. The molecule has 2 unspecified atom stereocenters. The highest BCUT2D eigenvalue weighted by atomic mass is 19.2. The zero-order valence-electron chi connectivity index (χ0n) is 15.7. The summed E-state index contributed by atoms with van der Waals surface area (Å²) in [5.74, 6) is 0.434. The van der Waals surface area contributed by atoms with Gasteiger partial charge in [-0.2, -0.15) is 0 Å². The zero-order chi connectivity index (χ0) is 17.8. The highest BCUT2D eigenvalue weighted by Gasteiger charge is 2.27. The highest BCUT2D eigenvalue weighted by Crippen LogP contribution is 2.40. The molecule has 3 rings (SSSR count). The smallest absolute Gasteiger partial charge is 0.162 e. The molecular formula is C23H32F2. The van der Waals surface area contributed by atoms with E-state index in [9.17, 15) is 8.78 Å². The molecule has 138 valence electrons. The van der Waals surface area contributed by atoms with Crippen molar-refractivity contribution in [3.05, 3.63) is 47.0 Å². The lowest BCUT2D eigenvalue weighted by molar-refractivity contribution is 0.302. The summed E-state index contributed by atoms with van der Waals surface area (Å²) in [7, 11) is 0. The van der Waals surface area contributed by atoms with Gasteiger partial charge in [0.15, 0.2) is 11.6 Å². The minimum atomic E-state index is -0.599. The molecule has 25 heavy (non-hydrogen) atoms. The number of allylic oxidation sites excluding steroid dienone is 2. The predicted molar refractivity (Wildman–Crippen MR) is 101 cm³/mol. The Morgan fingerprint density at radius 2 is 1.52 bits per heavy atom. The lowest BCUT2D eigenvalue weighted by Crippen LogP contribution is -2.16. The maximum absolute atomic E-state index is 14.8. The SMILES string of the molecule is CCCC1CCC(c2ccc(C3C=CC(CC)CC3)c(F)c2F)CC1. The fourth-order valence-corrected chi connectivity index (χ4v) is 4.83. The molecule has 2 aliphatic carbocycles. The van der Waals surface area contributed by atoms with Crippen molar-refractivity contribution in [1.82, 2.24) is 0 Å². The van der Waals surface area contributed by atoms with Crippen molar-refractivity contribution < 1.29 is 8.78 Å². The fourth-order valence-electron chi connectivity index (χ4n) is 4.83. The number of halogens is 2. The van der Waals surface area contributed by atoms with Crippen molar-refractivity contribution in [2.24, 2.45) is 11.8 Å². The Balaban J connectivity index is 1.73. The largest absolute Gasteiger partial charge is 0.203 e. The molecule has 0 amide bonds. The average Bonchev–Trinajstić information content (AvgIpc) is 2.65. The summed E-state index contributed by atoms with van der Waals surface area (Å²) < 4.78 is 29.6. The summed E-state index contributed by atoms with van der Waals surface area (Å²) in [4.78, 5) is 0. The second-order valence-corrected chi connectivity index (χ2v) is 8.12. The second kappa shape index (κ2) is 8.47. The van der Waals surface area contributed by atoms with Gasteiger partial charge in [-0.1, -0.05) is 51.0 Å². The van der Waals surface area contributed by atoms with E-state index in [0.29, 0.717) is 17.0 Å². The molecule has 1 fully saturated rings. The van der Waals surface area contributed by atoms with Crippen molar-refractivity contribution >= 4 is 0 Å². The molecule has 0 spiro atoms. The Labute approximate surface area is 151 Å². The van der Waals surface area contributed by atoms with Gasteiger partial charge in [0.2, 0.25) is 0 Å². The first-order valence-corrected chi connectivity index (χ1v) is 10.3. The summed E-state index contributed by atoms with van der Waals surface area (Å²) in [5, 5.41) is 0. The zero-order valence-corrected chi connectivity index (χ0v) is 15.7. The van der Waals surface area contributed by atoms with Crippen molar-refractivity contribution in [2.45, 2.75) is 83.5 Å². The van der Waals surface area contributed by atoms with Gasteiger partial charge in [0.1, 0.15) is 0 Å². The number of hydrogen-bond acceptors (Lipinski definition) is 0. The standard InChI is InChI=1S/C23H32F2/c1-3-5-17-8-12-19(13-9-17)21-15-14-20(22(24)23(21)25)18-10-6-16(4-2)7-11-18/h6,10,14-19H,3-5,7-9,11-13H2,1-2H3. The Morgan fingerprint density at radius 1 is 0.840 bits per heavy atom. The summed E-state index contributed by atoms with van der Waals surface area (Å²) in [6, 6.07) is 3.73. The van der Waals surface area contributed by atoms with Crippen LogP contribution >= 0.6 is 0 Å². The molecule has 0 aliphatic heterocycles. The van der Waals surface area contributed by atoms with Gasteiger partial charge in [0.25, 0.3) is 0 Å². The van der Waals surface area contributed by atoms with Crippen LogP contribution in [0.1, 0.15) is 94.6 Å². The molecule has 2 aliphatic rings. The Morgan fingerprint density at radius 3 is 2.12 bits per heavy atom. The topological polar surface area (TPSA) is 0 Å². The lowest BCUT2D eigenvalue weighted by atomic mass is 9.76. The van der Waals surface area contributed by atoms with Crippen molar-refractivity contribution in [3.63, 3.8) is 0 Å². The van der Waals surface area contributed by atoms with Gasteiger partial charge in [0.05, 0.1) is 0 Å². The first kappa shape index (κ1) is 18.6. The molecular weight excluding hydrogens is 314 g/mol. The van der Waals surface area contributed by atoms with Gasteiger partial charge in [-0.25, -0.2) is 8.78 Å². The van der Waals surface area contributed by atoms with Crippen LogP contribution in [0, 0.1) is 23.5 Å². The van der Waals surface area contributed by atoms with Crippen LogP contribution in [0.3, 0.4) is 0 Å². The minimum Gasteiger partial charge on any atom is -0.203 e. The van der Waals surface area contributed by atoms with Crippen LogP contribution in [0.4, 0.5) is 8.78 Å². The van der Waals surface area contributed by atoms with Crippen LogP contribution in [-0.2, 0) is 0 Å². The molecule has 1 aromatic carbocycles. The third-order valence-corrected chi connectivity index (χ3v) is 6.51. The molecule has 0 aromatic heterocycles. The maximum atomic E-state index is 14.8. The summed E-state index contributed by atoms with van der Waals surface area (Å²) in [6.07, 6.45) is 14.2. The number of rotatable bonds is 5. The van der Waals surface area contributed by atoms with Gasteiger partial charge in [-0.05, 0) is 73.8 Å². The molecule has 1 saturated carbocycles. The quantitative estimate of drug-likeness (QED) is 0.484. The van der Waals surface area contributed by atoms with E-state index in [4.69, 9.17) is 0 Å². The first-order chi connectivity index (χ1) is 12.1. The fraction of sp³-hybridized carbons (Fsp3) is 0.652. The molecule has 2 atom stereocenters. The summed E-state index contributed by atoms with van der Waals surface area (Å²) >= 11 is 0. The van der Waals surface area contributed by atoms with Crippen LogP contribution in [0.25, 0.3) is 0 Å². The van der Waals surface area contributed by atoms with E-state index < -0.39 is 11.6 Å². The second-order valence-electron chi connectivity index (χ2n) is 8.12. The molecule has 0 heterocycles. The van der Waals surface area contributed by atoms with E-state index >= 15 is 0 Å². The Bertz CT molecular complexity index is 596. The number of hydrogen-bond donors (Lipinski definition) is 0. The molecule has 0 saturated heterocycles. The number of benzene rings is 1. The highest BCUT2D eigenvalue weighted by molar-refractivity contribution is 5.34. The van der Waals surface area contributed by atoms with Gasteiger partial charge >= 0.3 is 0 Å². The van der Waals surface area contributed by atoms with Crippen LogP contribution in [0.5, 0.6) is 0 Å². The molecule has 0 radical (unpaired) electrons. The van der Waals surface area contributed by atoms with Crippen molar-refractivity contribution in [3.8, 4) is 0 Å². The molecule has 0 bridgehead atoms. The van der Waals surface area contributed by atoms with E-state index in [1.165, 1.54) is 12.8 Å². The monoisotopic (exact) mass is 346 g/mol. The normalized spacial score (nSPS) is 29.8. The first-order valence-electron chi connectivity index (χ1n) is 10.3. The van der Waals surface area contributed by atoms with E-state index in [1.807, 2.05) is 12.1 Å². The Kier molecular flexibility index (Phi) is 6.30. The third-order valence-electron chi connectivity index (χ3n) is 6.51. The van der Waals surface area contributed by atoms with Crippen LogP contribution in [0.15, 0.2) is 24.3 Å². The molecule has 0 N–H and O–H groups in total. The van der Waals surface area contributed by atoms with Gasteiger partial charge in [-0.3, -0.25) is 0 Å². The minimum absolute atomic E-state index is 0.0339. The average molecular weight is 347 g/mol. The molecule has 1 aromatic rings. The van der Waals surface area contributed by atoms with Gasteiger partial charge in [0, 0.05) is 5.92 Å². The lowest BCUT2D eigenvalue weighted by Gasteiger charge is -2.29. The van der Waals surface area contributed by atoms with Crippen LogP contribution in [-0.4, -0.2) is 0 Å². The van der Waals surface area contributed by atoms with E-state index in [0.717, 1.165) is 50.9 Å². The Hall–Kier alpha value is -1.18. The van der Waals surface area contributed by atoms with Crippen LogP contribution in [0.2, 0.25) is 0 Å². The van der Waals surface area contributed by atoms with E-state index in [1.54, 1.807) is 0 Å². The molecule has 2 heteroatoms. The van der Waals surface area contributed by atoms with Gasteiger partial charge in [-0.15, -0.1) is 0 Å². The third kappa shape index (κ3) is 4.15. The maximum Gasteiger partial charge on any atom is 0.162 e. The van der Waals surface area contributed by atoms with E-state index in [-0.39, 0.29) is 11.8 Å². The summed E-state index contributed by atoms with van der Waals surface area (Å²) in [6.45, 7) is 4.40. The van der Waals surface area contributed by atoms with Crippen molar-refractivity contribution in [1.29, 1.82) is 0 Å². The predicted octanol–water partition coefficient (Wildman–Crippen LogP) is 7.50. The summed E-state index contributed by atoms with van der Waals surface area (Å²) in [5.41, 5.74) is 1.16. The van der Waals surface area contributed by atoms with Crippen molar-refractivity contribution in [2.75, 3.05) is 0 Å². The van der Waals surface area contributed by atoms with Gasteiger partial charge < -0.3 is 0 Å².